The Kier molecular flexibility index (Phi) is 7.80. The van der Waals surface area contributed by atoms with Crippen LogP contribution in [0.15, 0.2) is 41.8 Å². The van der Waals surface area contributed by atoms with E-state index in [1.807, 2.05) is 22.4 Å². The number of ketones is 1. The Hall–Kier alpha value is -2.22. The van der Waals surface area contributed by atoms with Crippen LogP contribution in [-0.2, 0) is 4.79 Å². The average molecular weight is 434 g/mol. The van der Waals surface area contributed by atoms with Crippen molar-refractivity contribution in [3.05, 3.63) is 57.2 Å². The van der Waals surface area contributed by atoms with Crippen LogP contribution in [0.25, 0.3) is 0 Å². The summed E-state index contributed by atoms with van der Waals surface area (Å²) < 4.78 is 0. The SMILES string of the molecule is O=C(CCC(=O)c1ccc(Cl)cc1)NCCN1CCN(C(=O)c2cccs2)CC1. The van der Waals surface area contributed by atoms with Gasteiger partial charge in [-0.15, -0.1) is 11.3 Å². The molecule has 29 heavy (non-hydrogen) atoms. The fraction of sp³-hybridized carbons (Fsp3) is 0.381. The number of Topliss-reactive ketones (excluding diaryl/α,β-unsaturated/α-hetero) is 1. The van der Waals surface area contributed by atoms with Crippen molar-refractivity contribution in [1.82, 2.24) is 15.1 Å². The van der Waals surface area contributed by atoms with Crippen LogP contribution in [0.5, 0.6) is 0 Å². The van der Waals surface area contributed by atoms with E-state index in [4.69, 9.17) is 11.6 Å². The van der Waals surface area contributed by atoms with Gasteiger partial charge in [-0.2, -0.15) is 0 Å². The largest absolute Gasteiger partial charge is 0.355 e. The second kappa shape index (κ2) is 10.5. The molecule has 1 aromatic heterocycles. The lowest BCUT2D eigenvalue weighted by Crippen LogP contribution is -2.50. The van der Waals surface area contributed by atoms with Gasteiger partial charge in [-0.25, -0.2) is 0 Å². The fourth-order valence-corrected chi connectivity index (χ4v) is 4.00. The van der Waals surface area contributed by atoms with Gasteiger partial charge >= 0.3 is 0 Å². The molecule has 2 aromatic rings. The molecule has 1 aliphatic rings. The Labute approximate surface area is 179 Å². The molecule has 154 valence electrons. The number of carbonyl (C=O) groups excluding carboxylic acids is 3. The third-order valence-corrected chi connectivity index (χ3v) is 6.00. The molecule has 1 saturated heterocycles. The number of carbonyl (C=O) groups is 3. The lowest BCUT2D eigenvalue weighted by molar-refractivity contribution is -0.121. The minimum absolute atomic E-state index is 0.0663. The van der Waals surface area contributed by atoms with Crippen LogP contribution in [0.1, 0.15) is 32.9 Å². The molecule has 1 N–H and O–H groups in total. The van der Waals surface area contributed by atoms with Gasteiger partial charge in [0.2, 0.25) is 5.91 Å². The molecule has 8 heteroatoms. The van der Waals surface area contributed by atoms with Gasteiger partial charge in [-0.3, -0.25) is 19.3 Å². The first-order chi connectivity index (χ1) is 14.0. The van der Waals surface area contributed by atoms with Gasteiger partial charge in [0.15, 0.2) is 5.78 Å². The quantitative estimate of drug-likeness (QED) is 0.650. The molecule has 0 bridgehead atoms. The molecule has 0 spiro atoms. The van der Waals surface area contributed by atoms with E-state index in [1.54, 1.807) is 24.3 Å². The summed E-state index contributed by atoms with van der Waals surface area (Å²) in [4.78, 5) is 41.3. The minimum Gasteiger partial charge on any atom is -0.355 e. The van der Waals surface area contributed by atoms with Gasteiger partial charge in [0.1, 0.15) is 0 Å². The molecule has 0 aliphatic carbocycles. The zero-order valence-corrected chi connectivity index (χ0v) is 17.7. The summed E-state index contributed by atoms with van der Waals surface area (Å²) in [7, 11) is 0. The molecule has 0 saturated carbocycles. The molecule has 1 aliphatic heterocycles. The van der Waals surface area contributed by atoms with Crippen molar-refractivity contribution in [1.29, 1.82) is 0 Å². The van der Waals surface area contributed by atoms with Crippen LogP contribution >= 0.6 is 22.9 Å². The third kappa shape index (κ3) is 6.39. The molecule has 0 unspecified atom stereocenters. The van der Waals surface area contributed by atoms with Crippen molar-refractivity contribution in [3.63, 3.8) is 0 Å². The number of hydrogen-bond donors (Lipinski definition) is 1. The van der Waals surface area contributed by atoms with Crippen molar-refractivity contribution in [2.75, 3.05) is 39.3 Å². The van der Waals surface area contributed by atoms with Crippen molar-refractivity contribution < 1.29 is 14.4 Å². The standard InChI is InChI=1S/C21H24ClN3O3S/c22-17-5-3-16(4-6-17)18(26)7-8-20(27)23-9-10-24-11-13-25(14-12-24)21(28)19-2-1-15-29-19/h1-6,15H,7-14H2,(H,23,27). The Balaban J connectivity index is 1.30. The van der Waals surface area contributed by atoms with E-state index in [-0.39, 0.29) is 30.4 Å². The fourth-order valence-electron chi connectivity index (χ4n) is 3.18. The maximum absolute atomic E-state index is 12.3. The van der Waals surface area contributed by atoms with E-state index < -0.39 is 0 Å². The summed E-state index contributed by atoms with van der Waals surface area (Å²) in [5.41, 5.74) is 0.567. The van der Waals surface area contributed by atoms with Crippen molar-refractivity contribution in [3.8, 4) is 0 Å². The molecular weight excluding hydrogens is 410 g/mol. The molecule has 1 fully saturated rings. The van der Waals surface area contributed by atoms with E-state index in [2.05, 4.69) is 10.2 Å². The highest BCUT2D eigenvalue weighted by Crippen LogP contribution is 2.14. The first-order valence-corrected chi connectivity index (χ1v) is 10.9. The second-order valence-electron chi connectivity index (χ2n) is 6.89. The smallest absolute Gasteiger partial charge is 0.264 e. The monoisotopic (exact) mass is 433 g/mol. The highest BCUT2D eigenvalue weighted by molar-refractivity contribution is 7.12. The van der Waals surface area contributed by atoms with E-state index in [0.717, 1.165) is 24.5 Å². The highest BCUT2D eigenvalue weighted by Gasteiger charge is 2.22. The number of amides is 2. The predicted molar refractivity (Wildman–Crippen MR) is 115 cm³/mol. The van der Waals surface area contributed by atoms with E-state index in [9.17, 15) is 14.4 Å². The maximum Gasteiger partial charge on any atom is 0.264 e. The normalized spacial score (nSPS) is 14.6. The summed E-state index contributed by atoms with van der Waals surface area (Å²) in [6, 6.07) is 10.4. The molecule has 2 amide bonds. The van der Waals surface area contributed by atoms with Crippen LogP contribution in [0, 0.1) is 0 Å². The molecule has 0 atom stereocenters. The average Bonchev–Trinajstić information content (AvgIpc) is 3.27. The lowest BCUT2D eigenvalue weighted by atomic mass is 10.1. The van der Waals surface area contributed by atoms with Crippen LogP contribution in [-0.4, -0.2) is 66.7 Å². The third-order valence-electron chi connectivity index (χ3n) is 4.89. The van der Waals surface area contributed by atoms with Crippen molar-refractivity contribution in [2.24, 2.45) is 0 Å². The number of hydrogen-bond acceptors (Lipinski definition) is 5. The number of piperazine rings is 1. The van der Waals surface area contributed by atoms with Gasteiger partial charge in [-0.1, -0.05) is 17.7 Å². The zero-order chi connectivity index (χ0) is 20.6. The number of thiophene rings is 1. The molecular formula is C21H24ClN3O3S. The Morgan fingerprint density at radius 1 is 1.00 bits per heavy atom. The minimum atomic E-state index is -0.126. The summed E-state index contributed by atoms with van der Waals surface area (Å²) in [5, 5.41) is 5.36. The predicted octanol–water partition coefficient (Wildman–Crippen LogP) is 2.94. The van der Waals surface area contributed by atoms with Crippen LogP contribution in [0.3, 0.4) is 0 Å². The van der Waals surface area contributed by atoms with Crippen molar-refractivity contribution >= 4 is 40.5 Å². The molecule has 3 rings (SSSR count). The molecule has 6 nitrogen and oxygen atoms in total. The molecule has 1 aromatic carbocycles. The zero-order valence-electron chi connectivity index (χ0n) is 16.1. The van der Waals surface area contributed by atoms with Crippen molar-refractivity contribution in [2.45, 2.75) is 12.8 Å². The number of halogens is 1. The summed E-state index contributed by atoms with van der Waals surface area (Å²) >= 11 is 7.28. The van der Waals surface area contributed by atoms with Gasteiger partial charge in [0, 0.05) is 62.7 Å². The topological polar surface area (TPSA) is 69.7 Å². The lowest BCUT2D eigenvalue weighted by Gasteiger charge is -2.34. The van der Waals surface area contributed by atoms with E-state index >= 15 is 0 Å². The van der Waals surface area contributed by atoms with E-state index in [0.29, 0.717) is 30.2 Å². The Bertz CT molecular complexity index is 831. The van der Waals surface area contributed by atoms with Crippen LogP contribution < -0.4 is 5.32 Å². The molecule has 0 radical (unpaired) electrons. The van der Waals surface area contributed by atoms with Gasteiger partial charge in [-0.05, 0) is 35.7 Å². The highest BCUT2D eigenvalue weighted by atomic mass is 35.5. The summed E-state index contributed by atoms with van der Waals surface area (Å²) in [5.74, 6) is -0.0968. The van der Waals surface area contributed by atoms with Gasteiger partial charge < -0.3 is 10.2 Å². The Morgan fingerprint density at radius 2 is 1.72 bits per heavy atom. The van der Waals surface area contributed by atoms with Crippen LogP contribution in [0.4, 0.5) is 0 Å². The first kappa shape index (κ1) is 21.5. The number of nitrogens with zero attached hydrogens (tertiary/aromatic N) is 2. The van der Waals surface area contributed by atoms with Crippen LogP contribution in [0.2, 0.25) is 5.02 Å². The molecule has 2 heterocycles. The summed E-state index contributed by atoms with van der Waals surface area (Å²) in [6.07, 6.45) is 0.349. The van der Waals surface area contributed by atoms with E-state index in [1.165, 1.54) is 11.3 Å². The Morgan fingerprint density at radius 3 is 2.38 bits per heavy atom. The number of benzene rings is 1. The van der Waals surface area contributed by atoms with Gasteiger partial charge in [0.25, 0.3) is 5.91 Å². The first-order valence-electron chi connectivity index (χ1n) is 9.63. The number of rotatable bonds is 8. The number of nitrogens with one attached hydrogen (secondary N) is 1. The van der Waals surface area contributed by atoms with Gasteiger partial charge in [0.05, 0.1) is 4.88 Å². The summed E-state index contributed by atoms with van der Waals surface area (Å²) in [6.45, 7) is 4.25. The maximum atomic E-state index is 12.3. The second-order valence-corrected chi connectivity index (χ2v) is 8.28.